The molecule has 12 heavy (non-hydrogen) atoms. The molecule has 0 aromatic carbocycles. The van der Waals surface area contributed by atoms with Crippen molar-refractivity contribution in [2.45, 2.75) is 52.9 Å². The molecule has 0 amide bonds. The number of carbonyl (C=O) groups is 1. The zero-order chi connectivity index (χ0) is 9.19. The van der Waals surface area contributed by atoms with Gasteiger partial charge in [-0.3, -0.25) is 4.79 Å². The number of rotatable bonds is 3. The lowest BCUT2D eigenvalue weighted by molar-refractivity contribution is -0.118. The SMILES string of the molecule is CCC(C)CC1(C)CCC(=O)C1. The summed E-state index contributed by atoms with van der Waals surface area (Å²) in [7, 11) is 0. The number of ketones is 1. The van der Waals surface area contributed by atoms with Crippen LogP contribution in [0.2, 0.25) is 0 Å². The number of hydrogen-bond acceptors (Lipinski definition) is 1. The first kappa shape index (κ1) is 9.76. The van der Waals surface area contributed by atoms with Gasteiger partial charge in [-0.2, -0.15) is 0 Å². The van der Waals surface area contributed by atoms with Crippen molar-refractivity contribution in [1.29, 1.82) is 0 Å². The van der Waals surface area contributed by atoms with Crippen LogP contribution in [-0.2, 0) is 4.79 Å². The maximum absolute atomic E-state index is 11.1. The summed E-state index contributed by atoms with van der Waals surface area (Å²) in [5.74, 6) is 1.25. The molecule has 1 aliphatic rings. The first-order chi connectivity index (χ1) is 5.56. The minimum absolute atomic E-state index is 0.340. The number of hydrogen-bond donors (Lipinski definition) is 0. The van der Waals surface area contributed by atoms with Crippen molar-refractivity contribution in [3.8, 4) is 0 Å². The van der Waals surface area contributed by atoms with E-state index in [0.29, 0.717) is 11.2 Å². The lowest BCUT2D eigenvalue weighted by Gasteiger charge is -2.25. The summed E-state index contributed by atoms with van der Waals surface area (Å²) >= 11 is 0. The van der Waals surface area contributed by atoms with Crippen LogP contribution in [0.1, 0.15) is 52.9 Å². The molecule has 1 aliphatic carbocycles. The van der Waals surface area contributed by atoms with E-state index in [-0.39, 0.29) is 0 Å². The molecular formula is C11H20O. The molecule has 1 nitrogen and oxygen atoms in total. The van der Waals surface area contributed by atoms with Gasteiger partial charge in [0, 0.05) is 12.8 Å². The lowest BCUT2D eigenvalue weighted by Crippen LogP contribution is -2.15. The zero-order valence-corrected chi connectivity index (χ0v) is 8.52. The van der Waals surface area contributed by atoms with Crippen LogP contribution in [0, 0.1) is 11.3 Å². The molecule has 0 spiro atoms. The minimum atomic E-state index is 0.340. The third-order valence-corrected chi connectivity index (χ3v) is 3.17. The van der Waals surface area contributed by atoms with Gasteiger partial charge in [-0.25, -0.2) is 0 Å². The Morgan fingerprint density at radius 1 is 1.58 bits per heavy atom. The van der Waals surface area contributed by atoms with Crippen molar-refractivity contribution < 1.29 is 4.79 Å². The van der Waals surface area contributed by atoms with Gasteiger partial charge in [-0.05, 0) is 24.2 Å². The number of carbonyl (C=O) groups excluding carboxylic acids is 1. The first-order valence-electron chi connectivity index (χ1n) is 5.07. The van der Waals surface area contributed by atoms with Gasteiger partial charge >= 0.3 is 0 Å². The van der Waals surface area contributed by atoms with Crippen LogP contribution in [0.3, 0.4) is 0 Å². The summed E-state index contributed by atoms with van der Waals surface area (Å²) in [4.78, 5) is 11.1. The number of Topliss-reactive ketones (excluding diaryl/α,β-unsaturated/α-hetero) is 1. The Bertz CT molecular complexity index is 174. The van der Waals surface area contributed by atoms with E-state index >= 15 is 0 Å². The van der Waals surface area contributed by atoms with Crippen LogP contribution in [-0.4, -0.2) is 5.78 Å². The van der Waals surface area contributed by atoms with Gasteiger partial charge in [0.05, 0.1) is 0 Å². The van der Waals surface area contributed by atoms with Gasteiger partial charge in [0.1, 0.15) is 5.78 Å². The predicted octanol–water partition coefficient (Wildman–Crippen LogP) is 3.18. The maximum atomic E-state index is 11.1. The second-order valence-corrected chi connectivity index (χ2v) is 4.74. The molecule has 0 radical (unpaired) electrons. The van der Waals surface area contributed by atoms with E-state index in [1.807, 2.05) is 0 Å². The molecule has 2 atom stereocenters. The summed E-state index contributed by atoms with van der Waals surface area (Å²) in [6.07, 6.45) is 5.25. The van der Waals surface area contributed by atoms with E-state index in [9.17, 15) is 4.79 Å². The molecule has 0 aromatic heterocycles. The molecule has 70 valence electrons. The van der Waals surface area contributed by atoms with Gasteiger partial charge in [0.2, 0.25) is 0 Å². The van der Waals surface area contributed by atoms with Crippen molar-refractivity contribution >= 4 is 5.78 Å². The summed E-state index contributed by atoms with van der Waals surface area (Å²) in [5, 5.41) is 0. The van der Waals surface area contributed by atoms with Gasteiger partial charge in [0.15, 0.2) is 0 Å². The third kappa shape index (κ3) is 2.33. The van der Waals surface area contributed by atoms with E-state index in [2.05, 4.69) is 20.8 Å². The Balaban J connectivity index is 2.44. The molecule has 1 rings (SSSR count). The molecular weight excluding hydrogens is 148 g/mol. The fraction of sp³-hybridized carbons (Fsp3) is 0.909. The Kier molecular flexibility index (Phi) is 2.92. The average molecular weight is 168 g/mol. The molecule has 0 aromatic rings. The quantitative estimate of drug-likeness (QED) is 0.632. The highest BCUT2D eigenvalue weighted by Gasteiger charge is 2.34. The highest BCUT2D eigenvalue weighted by Crippen LogP contribution is 2.41. The summed E-state index contributed by atoms with van der Waals surface area (Å²) < 4.78 is 0. The second kappa shape index (κ2) is 3.59. The Hall–Kier alpha value is -0.330. The van der Waals surface area contributed by atoms with Crippen LogP contribution in [0.5, 0.6) is 0 Å². The summed E-state index contributed by atoms with van der Waals surface area (Å²) in [6.45, 7) is 6.78. The minimum Gasteiger partial charge on any atom is -0.300 e. The second-order valence-electron chi connectivity index (χ2n) is 4.74. The smallest absolute Gasteiger partial charge is 0.133 e. The van der Waals surface area contributed by atoms with Crippen molar-refractivity contribution in [3.63, 3.8) is 0 Å². The fourth-order valence-corrected chi connectivity index (χ4v) is 2.25. The van der Waals surface area contributed by atoms with Crippen LogP contribution in [0.25, 0.3) is 0 Å². The van der Waals surface area contributed by atoms with E-state index < -0.39 is 0 Å². The van der Waals surface area contributed by atoms with Crippen LogP contribution in [0.15, 0.2) is 0 Å². The molecule has 0 aliphatic heterocycles. The van der Waals surface area contributed by atoms with E-state index in [0.717, 1.165) is 25.2 Å². The average Bonchev–Trinajstić information content (AvgIpc) is 2.30. The molecule has 1 saturated carbocycles. The molecule has 0 heterocycles. The monoisotopic (exact) mass is 168 g/mol. The normalized spacial score (nSPS) is 32.4. The van der Waals surface area contributed by atoms with E-state index in [4.69, 9.17) is 0 Å². The van der Waals surface area contributed by atoms with E-state index in [1.165, 1.54) is 12.8 Å². The standard InChI is InChI=1S/C11H20O/c1-4-9(2)7-11(3)6-5-10(12)8-11/h9H,4-8H2,1-3H3. The largest absolute Gasteiger partial charge is 0.300 e. The van der Waals surface area contributed by atoms with Crippen molar-refractivity contribution in [2.24, 2.45) is 11.3 Å². The molecule has 1 fully saturated rings. The Morgan fingerprint density at radius 3 is 2.67 bits per heavy atom. The molecule has 0 saturated heterocycles. The fourth-order valence-electron chi connectivity index (χ4n) is 2.25. The van der Waals surface area contributed by atoms with Gasteiger partial charge in [-0.15, -0.1) is 0 Å². The zero-order valence-electron chi connectivity index (χ0n) is 8.52. The highest BCUT2D eigenvalue weighted by molar-refractivity contribution is 5.81. The molecule has 0 bridgehead atoms. The van der Waals surface area contributed by atoms with Crippen LogP contribution in [0.4, 0.5) is 0 Å². The highest BCUT2D eigenvalue weighted by atomic mass is 16.1. The van der Waals surface area contributed by atoms with Crippen molar-refractivity contribution in [1.82, 2.24) is 0 Å². The van der Waals surface area contributed by atoms with Gasteiger partial charge in [0.25, 0.3) is 0 Å². The van der Waals surface area contributed by atoms with Crippen LogP contribution < -0.4 is 0 Å². The first-order valence-corrected chi connectivity index (χ1v) is 5.07. The molecule has 0 N–H and O–H groups in total. The van der Waals surface area contributed by atoms with E-state index in [1.54, 1.807) is 0 Å². The third-order valence-electron chi connectivity index (χ3n) is 3.17. The van der Waals surface area contributed by atoms with Crippen molar-refractivity contribution in [2.75, 3.05) is 0 Å². The topological polar surface area (TPSA) is 17.1 Å². The maximum Gasteiger partial charge on any atom is 0.133 e. The summed E-state index contributed by atoms with van der Waals surface area (Å²) in [5.41, 5.74) is 0.340. The van der Waals surface area contributed by atoms with Crippen LogP contribution >= 0.6 is 0 Å². The van der Waals surface area contributed by atoms with Gasteiger partial charge < -0.3 is 0 Å². The molecule has 2 unspecified atom stereocenters. The predicted molar refractivity (Wildman–Crippen MR) is 51.0 cm³/mol. The Labute approximate surface area is 75.5 Å². The van der Waals surface area contributed by atoms with Gasteiger partial charge in [-0.1, -0.05) is 27.2 Å². The van der Waals surface area contributed by atoms with Crippen molar-refractivity contribution in [3.05, 3.63) is 0 Å². The molecule has 1 heteroatoms. The summed E-state index contributed by atoms with van der Waals surface area (Å²) in [6, 6.07) is 0. The lowest BCUT2D eigenvalue weighted by atomic mass is 9.79. The Morgan fingerprint density at radius 2 is 2.25 bits per heavy atom.